The van der Waals surface area contributed by atoms with Crippen LogP contribution >= 0.6 is 0 Å². The second-order valence-electron chi connectivity index (χ2n) is 8.32. The molecule has 6 heteroatoms. The van der Waals surface area contributed by atoms with Gasteiger partial charge in [0.15, 0.2) is 0 Å². The Morgan fingerprint density at radius 1 is 1.20 bits per heavy atom. The number of nitrogens with zero attached hydrogens (tertiary/aromatic N) is 1. The highest BCUT2D eigenvalue weighted by Gasteiger charge is 2.28. The summed E-state index contributed by atoms with van der Waals surface area (Å²) in [6, 6.07) is 9.21. The summed E-state index contributed by atoms with van der Waals surface area (Å²) in [4.78, 5) is 28.9. The Morgan fingerprint density at radius 3 is 2.43 bits per heavy atom. The van der Waals surface area contributed by atoms with Crippen molar-refractivity contribution in [2.75, 3.05) is 13.2 Å². The summed E-state index contributed by atoms with van der Waals surface area (Å²) in [5.74, 6) is -0.564. The summed E-state index contributed by atoms with van der Waals surface area (Å²) in [6.07, 6.45) is 1.93. The molecule has 0 spiro atoms. The number of rotatable bonds is 8. The first-order valence-corrected chi connectivity index (χ1v) is 10.2. The van der Waals surface area contributed by atoms with Crippen molar-refractivity contribution in [1.82, 2.24) is 10.3 Å². The van der Waals surface area contributed by atoms with E-state index in [1.165, 1.54) is 0 Å². The Balaban J connectivity index is 2.44. The first kappa shape index (κ1) is 23.5. The van der Waals surface area contributed by atoms with E-state index in [1.54, 1.807) is 27.0 Å². The lowest BCUT2D eigenvalue weighted by Crippen LogP contribution is -2.39. The number of hydrogen-bond acceptors (Lipinski definition) is 5. The average molecular weight is 413 g/mol. The molecule has 0 aliphatic carbocycles. The van der Waals surface area contributed by atoms with E-state index in [1.807, 2.05) is 51.1 Å². The normalized spacial score (nSPS) is 13.4. The second kappa shape index (κ2) is 10.3. The molecule has 0 saturated heterocycles. The van der Waals surface area contributed by atoms with Crippen LogP contribution in [0.5, 0.6) is 0 Å². The van der Waals surface area contributed by atoms with Crippen LogP contribution in [0.2, 0.25) is 0 Å². The number of benzene rings is 1. The topological polar surface area (TPSA) is 77.5 Å². The third-order valence-corrected chi connectivity index (χ3v) is 4.67. The summed E-state index contributed by atoms with van der Waals surface area (Å²) in [6.45, 7) is 12.0. The first-order chi connectivity index (χ1) is 14.2. The Hall–Kier alpha value is -2.73. The molecule has 30 heavy (non-hydrogen) atoms. The molecule has 1 amide bonds. The van der Waals surface area contributed by atoms with Gasteiger partial charge in [-0.25, -0.2) is 4.79 Å². The van der Waals surface area contributed by atoms with Crippen LogP contribution in [0.1, 0.15) is 50.4 Å². The number of alkyl carbamates (subject to hydrolysis) is 1. The second-order valence-corrected chi connectivity index (χ2v) is 8.32. The van der Waals surface area contributed by atoms with Gasteiger partial charge in [-0.05, 0) is 70.4 Å². The van der Waals surface area contributed by atoms with Crippen molar-refractivity contribution in [1.29, 1.82) is 0 Å². The van der Waals surface area contributed by atoms with Crippen LogP contribution in [-0.4, -0.2) is 36.2 Å². The maximum atomic E-state index is 12.5. The molecule has 1 aromatic heterocycles. The Bertz CT molecular complexity index is 853. The summed E-state index contributed by atoms with van der Waals surface area (Å²) >= 11 is 0. The summed E-state index contributed by atoms with van der Waals surface area (Å²) in [7, 11) is 0. The molecule has 6 nitrogen and oxygen atoms in total. The van der Waals surface area contributed by atoms with E-state index in [0.29, 0.717) is 6.61 Å². The van der Waals surface area contributed by atoms with Crippen LogP contribution in [0.4, 0.5) is 4.79 Å². The molecular formula is C24H32N2O4. The Morgan fingerprint density at radius 2 is 1.87 bits per heavy atom. The maximum absolute atomic E-state index is 12.5. The minimum atomic E-state index is -0.646. The van der Waals surface area contributed by atoms with Gasteiger partial charge in [0.2, 0.25) is 0 Å². The molecular weight excluding hydrogens is 380 g/mol. The fourth-order valence-corrected chi connectivity index (χ4v) is 3.34. The number of hydrogen-bond donors (Lipinski definition) is 1. The van der Waals surface area contributed by atoms with Crippen molar-refractivity contribution in [3.63, 3.8) is 0 Å². The Kier molecular flexibility index (Phi) is 8.12. The fraction of sp³-hybridized carbons (Fsp3) is 0.458. The molecule has 0 aliphatic heterocycles. The predicted octanol–water partition coefficient (Wildman–Crippen LogP) is 4.78. The minimum Gasteiger partial charge on any atom is -0.444 e. The van der Waals surface area contributed by atoms with Crippen LogP contribution in [0.15, 0.2) is 36.5 Å². The minimum absolute atomic E-state index is 0.196. The van der Waals surface area contributed by atoms with Gasteiger partial charge in [0.1, 0.15) is 11.9 Å². The van der Waals surface area contributed by atoms with E-state index in [4.69, 9.17) is 9.47 Å². The van der Waals surface area contributed by atoms with Gasteiger partial charge >= 0.3 is 6.09 Å². The number of pyridine rings is 1. The van der Waals surface area contributed by atoms with Crippen LogP contribution < -0.4 is 5.32 Å². The zero-order valence-electron chi connectivity index (χ0n) is 18.7. The van der Waals surface area contributed by atoms with E-state index in [9.17, 15) is 9.59 Å². The van der Waals surface area contributed by atoms with Crippen molar-refractivity contribution >= 4 is 12.4 Å². The van der Waals surface area contributed by atoms with Gasteiger partial charge in [-0.1, -0.05) is 18.2 Å². The summed E-state index contributed by atoms with van der Waals surface area (Å²) < 4.78 is 10.9. The lowest BCUT2D eigenvalue weighted by molar-refractivity contribution is -0.113. The number of ether oxygens (including phenoxy) is 2. The third kappa shape index (κ3) is 6.39. The zero-order valence-corrected chi connectivity index (χ0v) is 18.7. The fourth-order valence-electron chi connectivity index (χ4n) is 3.34. The van der Waals surface area contributed by atoms with E-state index < -0.39 is 23.7 Å². The molecule has 1 aromatic carbocycles. The highest BCUT2D eigenvalue weighted by atomic mass is 16.6. The molecule has 0 radical (unpaired) electrons. The van der Waals surface area contributed by atoms with Gasteiger partial charge in [0.05, 0.1) is 24.3 Å². The Labute approximate surface area is 179 Å². The van der Waals surface area contributed by atoms with Crippen LogP contribution in [0.3, 0.4) is 0 Å². The van der Waals surface area contributed by atoms with Crippen molar-refractivity contribution in [3.8, 4) is 11.3 Å². The monoisotopic (exact) mass is 412 g/mol. The van der Waals surface area contributed by atoms with Gasteiger partial charge in [0.25, 0.3) is 0 Å². The first-order valence-electron chi connectivity index (χ1n) is 10.2. The molecule has 0 aliphatic rings. The molecule has 162 valence electrons. The van der Waals surface area contributed by atoms with E-state index in [0.717, 1.165) is 34.2 Å². The number of amides is 1. The molecule has 0 fully saturated rings. The maximum Gasteiger partial charge on any atom is 0.408 e. The number of aryl methyl sites for hydroxylation is 2. The summed E-state index contributed by atoms with van der Waals surface area (Å²) in [5, 5.41) is 2.86. The molecule has 2 atom stereocenters. The number of carbonyl (C=O) groups is 2. The summed E-state index contributed by atoms with van der Waals surface area (Å²) in [5.41, 5.74) is 4.18. The van der Waals surface area contributed by atoms with Gasteiger partial charge in [0, 0.05) is 18.4 Å². The predicted molar refractivity (Wildman–Crippen MR) is 117 cm³/mol. The van der Waals surface area contributed by atoms with E-state index in [2.05, 4.69) is 10.3 Å². The molecule has 1 N–H and O–H groups in total. The van der Waals surface area contributed by atoms with Crippen molar-refractivity contribution in [3.05, 3.63) is 53.2 Å². The largest absolute Gasteiger partial charge is 0.444 e. The van der Waals surface area contributed by atoms with Gasteiger partial charge in [-0.2, -0.15) is 0 Å². The molecule has 1 unspecified atom stereocenters. The van der Waals surface area contributed by atoms with Crippen molar-refractivity contribution in [2.45, 2.75) is 53.2 Å². The van der Waals surface area contributed by atoms with Crippen LogP contribution in [0, 0.1) is 19.8 Å². The van der Waals surface area contributed by atoms with Gasteiger partial charge in [-0.3, -0.25) is 4.98 Å². The lowest BCUT2D eigenvalue weighted by atomic mass is 9.92. The van der Waals surface area contributed by atoms with Crippen LogP contribution in [0.25, 0.3) is 11.3 Å². The average Bonchev–Trinajstić information content (AvgIpc) is 2.66. The number of aldehydes is 1. The molecule has 2 rings (SSSR count). The van der Waals surface area contributed by atoms with E-state index in [-0.39, 0.29) is 6.61 Å². The number of carbonyl (C=O) groups excluding carboxylic acids is 2. The third-order valence-electron chi connectivity index (χ3n) is 4.67. The molecule has 1 heterocycles. The smallest absolute Gasteiger partial charge is 0.408 e. The van der Waals surface area contributed by atoms with Gasteiger partial charge < -0.3 is 19.6 Å². The molecule has 0 saturated carbocycles. The van der Waals surface area contributed by atoms with Crippen LogP contribution in [-0.2, 0) is 14.3 Å². The number of aromatic nitrogens is 1. The van der Waals surface area contributed by atoms with Gasteiger partial charge in [-0.15, -0.1) is 0 Å². The molecule has 2 aromatic rings. The SMILES string of the molecule is CCOCC(C=O)[C@H](NC(=O)OC(C)(C)C)c1ccnc(-c2c(C)cccc2C)c1. The molecule has 0 bridgehead atoms. The highest BCUT2D eigenvalue weighted by molar-refractivity contribution is 5.71. The highest BCUT2D eigenvalue weighted by Crippen LogP contribution is 2.29. The zero-order chi connectivity index (χ0) is 22.3. The lowest BCUT2D eigenvalue weighted by Gasteiger charge is -2.27. The number of nitrogens with one attached hydrogen (secondary N) is 1. The standard InChI is InChI=1S/C24H32N2O4/c1-7-29-15-19(14-27)22(26-23(28)30-24(4,5)6)18-11-12-25-20(13-18)21-16(2)9-8-10-17(21)3/h8-14,19,22H,7,15H2,1-6H3,(H,26,28)/t19?,22-/m1/s1. The quantitative estimate of drug-likeness (QED) is 0.631. The van der Waals surface area contributed by atoms with Crippen molar-refractivity contribution in [2.24, 2.45) is 5.92 Å². The van der Waals surface area contributed by atoms with E-state index >= 15 is 0 Å². The van der Waals surface area contributed by atoms with Crippen molar-refractivity contribution < 1.29 is 19.1 Å².